The van der Waals surface area contributed by atoms with E-state index in [0.717, 1.165) is 18.4 Å². The molecule has 8 heteroatoms. The van der Waals surface area contributed by atoms with Crippen LogP contribution in [-0.4, -0.2) is 42.1 Å². The molecule has 0 radical (unpaired) electrons. The lowest BCUT2D eigenvalue weighted by atomic mass is 9.87. The summed E-state index contributed by atoms with van der Waals surface area (Å²) in [4.78, 5) is 35.6. The van der Waals surface area contributed by atoms with Crippen LogP contribution in [0.1, 0.15) is 70.7 Å². The van der Waals surface area contributed by atoms with Crippen molar-refractivity contribution in [1.82, 2.24) is 10.6 Å². The molecule has 2 aliphatic rings. The van der Waals surface area contributed by atoms with Crippen LogP contribution in [0.25, 0.3) is 0 Å². The summed E-state index contributed by atoms with van der Waals surface area (Å²) in [5, 5.41) is 14.4. The van der Waals surface area contributed by atoms with Crippen molar-refractivity contribution < 1.29 is 28.6 Å². The largest absolute Gasteiger partial charge is 0.490 e. The number of benzene rings is 2. The lowest BCUT2D eigenvalue weighted by Gasteiger charge is -2.26. The van der Waals surface area contributed by atoms with Crippen LogP contribution >= 0.6 is 0 Å². The van der Waals surface area contributed by atoms with Crippen molar-refractivity contribution in [1.29, 1.82) is 0 Å². The van der Waals surface area contributed by atoms with Crippen LogP contribution in [0, 0.1) is 11.7 Å². The van der Waals surface area contributed by atoms with Gasteiger partial charge in [0.1, 0.15) is 11.6 Å². The molecule has 0 atom stereocenters. The molecule has 0 saturated heterocycles. The Hall–Kier alpha value is -3.42. The third kappa shape index (κ3) is 6.12. The zero-order valence-electron chi connectivity index (χ0n) is 18.9. The van der Waals surface area contributed by atoms with E-state index in [0.29, 0.717) is 42.9 Å². The molecular formula is C26H29FN2O5. The zero-order valence-corrected chi connectivity index (χ0v) is 18.9. The summed E-state index contributed by atoms with van der Waals surface area (Å²) in [6.07, 6.45) is 4.71. The molecule has 3 N–H and O–H groups in total. The van der Waals surface area contributed by atoms with Gasteiger partial charge in [-0.3, -0.25) is 14.4 Å². The molecule has 2 aromatic rings. The van der Waals surface area contributed by atoms with Crippen LogP contribution in [0.4, 0.5) is 4.39 Å². The van der Waals surface area contributed by atoms with Gasteiger partial charge in [-0.2, -0.15) is 0 Å². The molecule has 0 bridgehead atoms. The van der Waals surface area contributed by atoms with E-state index >= 15 is 0 Å². The quantitative estimate of drug-likeness (QED) is 0.485. The van der Waals surface area contributed by atoms with Crippen molar-refractivity contribution in [2.75, 3.05) is 13.1 Å². The first-order valence-corrected chi connectivity index (χ1v) is 11.8. The number of carbonyl (C=O) groups is 3. The molecular weight excluding hydrogens is 439 g/mol. The number of carbonyl (C=O) groups excluding carboxylic acids is 2. The highest BCUT2D eigenvalue weighted by molar-refractivity contribution is 5.95. The molecule has 0 unspecified atom stereocenters. The molecule has 7 nitrogen and oxygen atoms in total. The summed E-state index contributed by atoms with van der Waals surface area (Å²) in [6.45, 7) is 0.381. The van der Waals surface area contributed by atoms with E-state index in [-0.39, 0.29) is 36.6 Å². The minimum Gasteiger partial charge on any atom is -0.490 e. The van der Waals surface area contributed by atoms with Crippen LogP contribution in [0.5, 0.6) is 5.75 Å². The number of rotatable bonds is 9. The Morgan fingerprint density at radius 3 is 2.12 bits per heavy atom. The fraction of sp³-hybridized carbons (Fsp3) is 0.423. The molecule has 180 valence electrons. The standard InChI is InChI=1S/C26H29FN2O5/c27-23-15-19(16-1-2-16)7-12-22(23)25(31)29-14-13-28-24(30)17-3-8-20(9-4-17)34-21-10-5-18(6-11-21)26(32)33/h3-4,7-9,12,15-16,18,21H,1-2,5-6,10-11,13-14H2,(H,28,30)(H,29,31)(H,32,33). The molecule has 0 heterocycles. The number of aliphatic carboxylic acids is 1. The van der Waals surface area contributed by atoms with Gasteiger partial charge in [0.15, 0.2) is 0 Å². The number of ether oxygens (including phenoxy) is 1. The Kier molecular flexibility index (Phi) is 7.45. The van der Waals surface area contributed by atoms with Gasteiger partial charge in [-0.15, -0.1) is 0 Å². The topological polar surface area (TPSA) is 105 Å². The van der Waals surface area contributed by atoms with Crippen molar-refractivity contribution in [3.05, 3.63) is 65.0 Å². The Balaban J connectivity index is 1.18. The maximum absolute atomic E-state index is 14.2. The van der Waals surface area contributed by atoms with Gasteiger partial charge < -0.3 is 20.5 Å². The van der Waals surface area contributed by atoms with Crippen LogP contribution in [0.15, 0.2) is 42.5 Å². The zero-order chi connectivity index (χ0) is 24.1. The number of hydrogen-bond acceptors (Lipinski definition) is 4. The van der Waals surface area contributed by atoms with Gasteiger partial charge in [0.05, 0.1) is 17.6 Å². The van der Waals surface area contributed by atoms with Crippen LogP contribution < -0.4 is 15.4 Å². The molecule has 4 rings (SSSR count). The van der Waals surface area contributed by atoms with Gasteiger partial charge >= 0.3 is 5.97 Å². The fourth-order valence-electron chi connectivity index (χ4n) is 4.24. The predicted molar refractivity (Wildman–Crippen MR) is 123 cm³/mol. The second kappa shape index (κ2) is 10.7. The summed E-state index contributed by atoms with van der Waals surface area (Å²) in [5.41, 5.74) is 1.39. The molecule has 0 aromatic heterocycles. The molecule has 0 aliphatic heterocycles. The van der Waals surface area contributed by atoms with E-state index in [1.165, 1.54) is 12.1 Å². The molecule has 34 heavy (non-hydrogen) atoms. The molecule has 2 saturated carbocycles. The van der Waals surface area contributed by atoms with Crippen LogP contribution in [-0.2, 0) is 4.79 Å². The van der Waals surface area contributed by atoms with Crippen molar-refractivity contribution in [2.24, 2.45) is 5.92 Å². The van der Waals surface area contributed by atoms with Crippen molar-refractivity contribution in [3.63, 3.8) is 0 Å². The second-order valence-corrected chi connectivity index (χ2v) is 8.98. The van der Waals surface area contributed by atoms with E-state index in [9.17, 15) is 18.8 Å². The number of halogens is 1. The lowest BCUT2D eigenvalue weighted by molar-refractivity contribution is -0.143. The number of hydrogen-bond donors (Lipinski definition) is 3. The second-order valence-electron chi connectivity index (χ2n) is 8.98. The Labute approximate surface area is 197 Å². The van der Waals surface area contributed by atoms with Crippen molar-refractivity contribution in [2.45, 2.75) is 50.5 Å². The minimum absolute atomic E-state index is 0.00256. The molecule has 0 spiro atoms. The molecule has 2 amide bonds. The van der Waals surface area contributed by atoms with Gasteiger partial charge in [-0.25, -0.2) is 4.39 Å². The normalized spacial score (nSPS) is 19.8. The van der Waals surface area contributed by atoms with E-state index in [2.05, 4.69) is 10.6 Å². The number of carboxylic acids is 1. The minimum atomic E-state index is -0.747. The molecule has 2 fully saturated rings. The van der Waals surface area contributed by atoms with E-state index in [1.54, 1.807) is 30.3 Å². The average molecular weight is 469 g/mol. The van der Waals surface area contributed by atoms with Gasteiger partial charge in [0.2, 0.25) is 0 Å². The van der Waals surface area contributed by atoms with Gasteiger partial charge in [-0.1, -0.05) is 6.07 Å². The summed E-state index contributed by atoms with van der Waals surface area (Å²) >= 11 is 0. The average Bonchev–Trinajstić information content (AvgIpc) is 3.68. The molecule has 2 aromatic carbocycles. The Bertz CT molecular complexity index is 1040. The first-order valence-electron chi connectivity index (χ1n) is 11.8. The number of nitrogens with one attached hydrogen (secondary N) is 2. The first kappa shape index (κ1) is 23.7. The van der Waals surface area contributed by atoms with Crippen molar-refractivity contribution in [3.8, 4) is 5.75 Å². The third-order valence-electron chi connectivity index (χ3n) is 6.43. The third-order valence-corrected chi connectivity index (χ3v) is 6.43. The van der Waals surface area contributed by atoms with Gasteiger partial charge in [0, 0.05) is 18.7 Å². The summed E-state index contributed by atoms with van der Waals surface area (Å²) in [6, 6.07) is 11.5. The maximum Gasteiger partial charge on any atom is 0.306 e. The SMILES string of the molecule is O=C(NCCNC(=O)c1ccc(C2CC2)cc1F)c1ccc(OC2CCC(C(=O)O)CC2)cc1. The number of amides is 2. The monoisotopic (exact) mass is 468 g/mol. The van der Waals surface area contributed by atoms with E-state index < -0.39 is 17.7 Å². The highest BCUT2D eigenvalue weighted by Crippen LogP contribution is 2.40. The fourth-order valence-corrected chi connectivity index (χ4v) is 4.24. The first-order chi connectivity index (χ1) is 16.4. The Morgan fingerprint density at radius 2 is 1.53 bits per heavy atom. The maximum atomic E-state index is 14.2. The van der Waals surface area contributed by atoms with E-state index in [1.807, 2.05) is 0 Å². The Morgan fingerprint density at radius 1 is 0.882 bits per heavy atom. The van der Waals surface area contributed by atoms with Crippen molar-refractivity contribution >= 4 is 17.8 Å². The van der Waals surface area contributed by atoms with Gasteiger partial charge in [-0.05, 0) is 86.4 Å². The summed E-state index contributed by atoms with van der Waals surface area (Å²) in [7, 11) is 0. The highest BCUT2D eigenvalue weighted by Gasteiger charge is 2.27. The van der Waals surface area contributed by atoms with Crippen LogP contribution in [0.3, 0.4) is 0 Å². The van der Waals surface area contributed by atoms with Crippen LogP contribution in [0.2, 0.25) is 0 Å². The summed E-state index contributed by atoms with van der Waals surface area (Å²) < 4.78 is 20.1. The lowest BCUT2D eigenvalue weighted by Crippen LogP contribution is -2.35. The highest BCUT2D eigenvalue weighted by atomic mass is 19.1. The smallest absolute Gasteiger partial charge is 0.306 e. The van der Waals surface area contributed by atoms with E-state index in [4.69, 9.17) is 9.84 Å². The molecule has 2 aliphatic carbocycles. The number of carboxylic acid groups (broad SMARTS) is 1. The van der Waals surface area contributed by atoms with Gasteiger partial charge in [0.25, 0.3) is 11.8 Å². The predicted octanol–water partition coefficient (Wildman–Crippen LogP) is 3.89. The summed E-state index contributed by atoms with van der Waals surface area (Å²) in [5.74, 6) is -1.30.